The molecule has 5 heterocycles. The summed E-state index contributed by atoms with van der Waals surface area (Å²) in [5.41, 5.74) is 3.07. The highest BCUT2D eigenvalue weighted by molar-refractivity contribution is 7.07. The second-order valence-electron chi connectivity index (χ2n) is 8.39. The van der Waals surface area contributed by atoms with E-state index in [0.29, 0.717) is 31.7 Å². The summed E-state index contributed by atoms with van der Waals surface area (Å²) in [6.07, 6.45) is 5.94. The van der Waals surface area contributed by atoms with E-state index in [9.17, 15) is 14.0 Å². The van der Waals surface area contributed by atoms with Gasteiger partial charge in [-0.05, 0) is 31.2 Å². The van der Waals surface area contributed by atoms with Gasteiger partial charge in [0, 0.05) is 43.0 Å². The zero-order valence-corrected chi connectivity index (χ0v) is 17.4. The van der Waals surface area contributed by atoms with Crippen molar-refractivity contribution in [1.82, 2.24) is 20.2 Å². The molecule has 0 saturated carbocycles. The Morgan fingerprint density at radius 2 is 2.20 bits per heavy atom. The minimum absolute atomic E-state index is 0.0326. The number of pyridine rings is 1. The standard InChI is InChI=1S/C21H24FN5O2S/c22-16-8-23-5-4-18(16)26-9-13-6-14(10-26)20(27-17(13)2-1-3-19(27)28)21(29)24-7-15-11-30-12-25-15/h4-5,8,11-14,17,20H,1-3,6-7,9-10H2,(H,24,29)/t13-,14+,17+,20-/m1/s1. The van der Waals surface area contributed by atoms with Gasteiger partial charge in [-0.2, -0.15) is 0 Å². The molecule has 0 aliphatic carbocycles. The Kier molecular flexibility index (Phi) is 5.14. The number of rotatable bonds is 4. The van der Waals surface area contributed by atoms with E-state index in [1.165, 1.54) is 17.5 Å². The molecular formula is C21H24FN5O2S. The van der Waals surface area contributed by atoms with Crippen molar-refractivity contribution < 1.29 is 14.0 Å². The topological polar surface area (TPSA) is 78.4 Å². The normalized spacial score (nSPS) is 28.2. The number of halogens is 1. The molecule has 4 atom stereocenters. The molecule has 2 bridgehead atoms. The number of amides is 2. The van der Waals surface area contributed by atoms with E-state index in [-0.39, 0.29) is 35.5 Å². The molecule has 158 valence electrons. The molecule has 0 unspecified atom stereocenters. The summed E-state index contributed by atoms with van der Waals surface area (Å²) in [6, 6.07) is 1.20. The summed E-state index contributed by atoms with van der Waals surface area (Å²) in [6.45, 7) is 1.59. The van der Waals surface area contributed by atoms with Crippen LogP contribution in [0.1, 0.15) is 31.4 Å². The van der Waals surface area contributed by atoms with E-state index in [2.05, 4.69) is 15.3 Å². The minimum Gasteiger partial charge on any atom is -0.368 e. The van der Waals surface area contributed by atoms with Gasteiger partial charge in [0.05, 0.1) is 29.6 Å². The quantitative estimate of drug-likeness (QED) is 0.806. The highest BCUT2D eigenvalue weighted by Gasteiger charge is 2.52. The van der Waals surface area contributed by atoms with Gasteiger partial charge in [0.15, 0.2) is 5.82 Å². The Bertz CT molecular complexity index is 939. The SMILES string of the molecule is O=C(NCc1cscn1)[C@H]1[C@H]2C[C@H](CN(c3ccncc3F)C2)[C@@H]2CCCC(=O)N21. The Morgan fingerprint density at radius 3 is 3.00 bits per heavy atom. The van der Waals surface area contributed by atoms with Crippen LogP contribution in [0.2, 0.25) is 0 Å². The van der Waals surface area contributed by atoms with Crippen molar-refractivity contribution in [3.8, 4) is 0 Å². The van der Waals surface area contributed by atoms with Gasteiger partial charge in [-0.25, -0.2) is 9.37 Å². The molecule has 3 saturated heterocycles. The predicted molar refractivity (Wildman–Crippen MR) is 110 cm³/mol. The zero-order valence-electron chi connectivity index (χ0n) is 16.5. The molecule has 3 aliphatic heterocycles. The molecule has 0 radical (unpaired) electrons. The van der Waals surface area contributed by atoms with Crippen molar-refractivity contribution in [2.45, 2.75) is 44.3 Å². The first-order valence-electron chi connectivity index (χ1n) is 10.4. The molecule has 30 heavy (non-hydrogen) atoms. The maximum atomic E-state index is 14.4. The van der Waals surface area contributed by atoms with E-state index in [1.54, 1.807) is 17.8 Å². The largest absolute Gasteiger partial charge is 0.368 e. The number of anilines is 1. The lowest BCUT2D eigenvalue weighted by atomic mass is 9.71. The number of thiazole rings is 1. The lowest BCUT2D eigenvalue weighted by Gasteiger charge is -2.56. The third kappa shape index (κ3) is 3.45. The summed E-state index contributed by atoms with van der Waals surface area (Å²) < 4.78 is 14.4. The van der Waals surface area contributed by atoms with Crippen LogP contribution >= 0.6 is 11.3 Å². The van der Waals surface area contributed by atoms with Gasteiger partial charge in [-0.15, -0.1) is 11.3 Å². The number of hydrogen-bond acceptors (Lipinski definition) is 6. The Labute approximate surface area is 178 Å². The number of carbonyl (C=O) groups excluding carboxylic acids is 2. The first-order valence-corrected chi connectivity index (χ1v) is 11.4. The van der Waals surface area contributed by atoms with Gasteiger partial charge < -0.3 is 15.1 Å². The van der Waals surface area contributed by atoms with Crippen LogP contribution in [0.3, 0.4) is 0 Å². The average molecular weight is 430 g/mol. The summed E-state index contributed by atoms with van der Waals surface area (Å²) >= 11 is 1.48. The van der Waals surface area contributed by atoms with Crippen LogP contribution in [-0.2, 0) is 16.1 Å². The van der Waals surface area contributed by atoms with E-state index in [0.717, 1.165) is 25.0 Å². The Hall–Kier alpha value is -2.55. The van der Waals surface area contributed by atoms with Crippen LogP contribution in [0, 0.1) is 17.7 Å². The van der Waals surface area contributed by atoms with Crippen molar-refractivity contribution in [2.75, 3.05) is 18.0 Å². The van der Waals surface area contributed by atoms with Gasteiger partial charge in [0.25, 0.3) is 0 Å². The number of piperidine rings is 3. The maximum Gasteiger partial charge on any atom is 0.243 e. The first kappa shape index (κ1) is 19.4. The molecular weight excluding hydrogens is 405 g/mol. The molecule has 7 nitrogen and oxygen atoms in total. The number of fused-ring (bicyclic) bond motifs is 4. The molecule has 2 aromatic rings. The van der Waals surface area contributed by atoms with Crippen LogP contribution in [0.4, 0.5) is 10.1 Å². The Balaban J connectivity index is 1.42. The zero-order chi connectivity index (χ0) is 20.7. The highest BCUT2D eigenvalue weighted by Crippen LogP contribution is 2.43. The van der Waals surface area contributed by atoms with Crippen molar-refractivity contribution in [3.63, 3.8) is 0 Å². The van der Waals surface area contributed by atoms with Gasteiger partial charge in [0.1, 0.15) is 6.04 Å². The summed E-state index contributed by atoms with van der Waals surface area (Å²) in [5, 5.41) is 4.89. The second-order valence-corrected chi connectivity index (χ2v) is 9.11. The Morgan fingerprint density at radius 1 is 1.33 bits per heavy atom. The molecule has 3 aliphatic rings. The van der Waals surface area contributed by atoms with Crippen molar-refractivity contribution >= 4 is 28.8 Å². The summed E-state index contributed by atoms with van der Waals surface area (Å²) in [5.74, 6) is -0.214. The smallest absolute Gasteiger partial charge is 0.243 e. The fourth-order valence-electron chi connectivity index (χ4n) is 5.42. The van der Waals surface area contributed by atoms with Crippen molar-refractivity contribution in [1.29, 1.82) is 0 Å². The number of carbonyl (C=O) groups is 2. The third-order valence-electron chi connectivity index (χ3n) is 6.63. The molecule has 2 aromatic heterocycles. The van der Waals surface area contributed by atoms with Gasteiger partial charge >= 0.3 is 0 Å². The molecule has 3 fully saturated rings. The fraction of sp³-hybridized carbons (Fsp3) is 0.524. The molecule has 5 rings (SSSR count). The lowest BCUT2D eigenvalue weighted by Crippen LogP contribution is -2.68. The van der Waals surface area contributed by atoms with Crippen LogP contribution in [0.15, 0.2) is 29.4 Å². The molecule has 0 aromatic carbocycles. The van der Waals surface area contributed by atoms with E-state index < -0.39 is 6.04 Å². The number of nitrogens with one attached hydrogen (secondary N) is 1. The second kappa shape index (κ2) is 7.94. The molecule has 2 amide bonds. The number of aromatic nitrogens is 2. The number of nitrogens with zero attached hydrogens (tertiary/aromatic N) is 4. The van der Waals surface area contributed by atoms with Crippen LogP contribution < -0.4 is 10.2 Å². The minimum atomic E-state index is -0.523. The third-order valence-corrected chi connectivity index (χ3v) is 7.26. The molecule has 1 N–H and O–H groups in total. The first-order chi connectivity index (χ1) is 14.6. The van der Waals surface area contributed by atoms with Crippen molar-refractivity contribution in [2.24, 2.45) is 11.8 Å². The monoisotopic (exact) mass is 429 g/mol. The van der Waals surface area contributed by atoms with E-state index >= 15 is 0 Å². The molecule has 0 spiro atoms. The number of hydrogen-bond donors (Lipinski definition) is 1. The maximum absolute atomic E-state index is 14.4. The predicted octanol–water partition coefficient (Wildman–Crippen LogP) is 2.20. The molecule has 9 heteroatoms. The van der Waals surface area contributed by atoms with Gasteiger partial charge in [-0.3, -0.25) is 14.6 Å². The fourth-order valence-corrected chi connectivity index (χ4v) is 5.98. The van der Waals surface area contributed by atoms with E-state index in [1.807, 2.05) is 15.2 Å². The van der Waals surface area contributed by atoms with Gasteiger partial charge in [-0.1, -0.05) is 0 Å². The van der Waals surface area contributed by atoms with Crippen LogP contribution in [0.5, 0.6) is 0 Å². The van der Waals surface area contributed by atoms with Gasteiger partial charge in [0.2, 0.25) is 11.8 Å². The van der Waals surface area contributed by atoms with Crippen LogP contribution in [0.25, 0.3) is 0 Å². The summed E-state index contributed by atoms with van der Waals surface area (Å²) in [4.78, 5) is 38.1. The summed E-state index contributed by atoms with van der Waals surface area (Å²) in [7, 11) is 0. The lowest BCUT2D eigenvalue weighted by molar-refractivity contribution is -0.156. The van der Waals surface area contributed by atoms with Crippen LogP contribution in [-0.4, -0.2) is 51.9 Å². The average Bonchev–Trinajstić information content (AvgIpc) is 3.27. The highest BCUT2D eigenvalue weighted by atomic mass is 32.1. The van der Waals surface area contributed by atoms with E-state index in [4.69, 9.17) is 0 Å². The van der Waals surface area contributed by atoms with Crippen molar-refractivity contribution in [3.05, 3.63) is 40.9 Å².